The van der Waals surface area contributed by atoms with Crippen LogP contribution < -0.4 is 5.32 Å². The van der Waals surface area contributed by atoms with Crippen molar-refractivity contribution in [3.05, 3.63) is 48.6 Å². The van der Waals surface area contributed by atoms with Crippen LogP contribution in [-0.2, 0) is 16.1 Å². The number of benzene rings is 1. The second-order valence-corrected chi connectivity index (χ2v) is 4.75. The molecule has 0 spiro atoms. The molecule has 1 aromatic rings. The molecule has 0 saturated heterocycles. The first-order valence-electron chi connectivity index (χ1n) is 7.14. The molecule has 0 aliphatic carbocycles. The molecule has 22 heavy (non-hydrogen) atoms. The van der Waals surface area contributed by atoms with E-state index in [2.05, 4.69) is 11.9 Å². The highest BCUT2D eigenvalue weighted by Crippen LogP contribution is 2.02. The Balaban J connectivity index is 2.03. The summed E-state index contributed by atoms with van der Waals surface area (Å²) in [7, 11) is 0. The Bertz CT molecular complexity index is 439. The lowest BCUT2D eigenvalue weighted by Gasteiger charge is -2.15. The molecule has 6 nitrogen and oxygen atoms in total. The highest BCUT2D eigenvalue weighted by Gasteiger charge is 2.07. The molecule has 0 heterocycles. The van der Waals surface area contributed by atoms with Gasteiger partial charge in [-0.3, -0.25) is 5.32 Å². The van der Waals surface area contributed by atoms with Crippen molar-refractivity contribution in [3.63, 3.8) is 0 Å². The molecule has 0 aromatic heterocycles. The lowest BCUT2D eigenvalue weighted by molar-refractivity contribution is -0.148. The van der Waals surface area contributed by atoms with Gasteiger partial charge in [0.25, 0.3) is 0 Å². The van der Waals surface area contributed by atoms with Crippen molar-refractivity contribution in [2.24, 2.45) is 0 Å². The summed E-state index contributed by atoms with van der Waals surface area (Å²) in [4.78, 5) is 0. The number of allylic oxidation sites excluding steroid dienone is 1. The van der Waals surface area contributed by atoms with Crippen molar-refractivity contribution in [3.8, 4) is 0 Å². The molecule has 0 fully saturated rings. The molecule has 0 radical (unpaired) electrons. The van der Waals surface area contributed by atoms with Gasteiger partial charge in [0.1, 0.15) is 6.23 Å². The van der Waals surface area contributed by atoms with Crippen LogP contribution in [0.1, 0.15) is 18.4 Å². The van der Waals surface area contributed by atoms with Crippen molar-refractivity contribution in [1.29, 1.82) is 5.41 Å². The fourth-order valence-corrected chi connectivity index (χ4v) is 1.63. The number of hydrogen-bond donors (Lipinski definition) is 4. The molecule has 6 heteroatoms. The molecule has 4 N–H and O–H groups in total. The molecule has 122 valence electrons. The zero-order chi connectivity index (χ0) is 16.2. The van der Waals surface area contributed by atoms with E-state index in [1.807, 2.05) is 30.3 Å². The van der Waals surface area contributed by atoms with Crippen LogP contribution in [0.3, 0.4) is 0 Å². The molecule has 0 amide bonds. The molecule has 2 atom stereocenters. The SMILES string of the molecule is C=CC(=N)CCC(O)NCOCC(O)OCc1ccccc1. The van der Waals surface area contributed by atoms with Crippen LogP contribution in [0.4, 0.5) is 0 Å². The number of ether oxygens (including phenoxy) is 2. The normalized spacial score (nSPS) is 13.5. The Hall–Kier alpha value is -1.57. The average molecular weight is 308 g/mol. The van der Waals surface area contributed by atoms with Crippen molar-refractivity contribution in [2.45, 2.75) is 32.0 Å². The van der Waals surface area contributed by atoms with Gasteiger partial charge in [0.15, 0.2) is 6.29 Å². The Morgan fingerprint density at radius 1 is 1.32 bits per heavy atom. The van der Waals surface area contributed by atoms with E-state index in [-0.39, 0.29) is 13.3 Å². The van der Waals surface area contributed by atoms with Crippen LogP contribution in [0.2, 0.25) is 0 Å². The highest BCUT2D eigenvalue weighted by molar-refractivity contribution is 5.91. The second-order valence-electron chi connectivity index (χ2n) is 4.75. The van der Waals surface area contributed by atoms with Gasteiger partial charge in [-0.25, -0.2) is 0 Å². The van der Waals surface area contributed by atoms with Crippen molar-refractivity contribution < 1.29 is 19.7 Å². The van der Waals surface area contributed by atoms with E-state index in [1.165, 1.54) is 6.08 Å². The first-order chi connectivity index (χ1) is 10.6. The van der Waals surface area contributed by atoms with Gasteiger partial charge in [-0.1, -0.05) is 36.9 Å². The third kappa shape index (κ3) is 8.66. The average Bonchev–Trinajstić information content (AvgIpc) is 2.55. The van der Waals surface area contributed by atoms with Gasteiger partial charge in [0.2, 0.25) is 0 Å². The van der Waals surface area contributed by atoms with Crippen molar-refractivity contribution >= 4 is 5.71 Å². The summed E-state index contributed by atoms with van der Waals surface area (Å²) < 4.78 is 10.4. The molecule has 0 saturated carbocycles. The van der Waals surface area contributed by atoms with E-state index in [9.17, 15) is 10.2 Å². The molecule has 0 aliphatic rings. The zero-order valence-corrected chi connectivity index (χ0v) is 12.6. The second kappa shape index (κ2) is 11.1. The third-order valence-electron chi connectivity index (χ3n) is 2.90. The quantitative estimate of drug-likeness (QED) is 0.266. The maximum absolute atomic E-state index is 9.61. The number of hydrogen-bond acceptors (Lipinski definition) is 6. The lowest BCUT2D eigenvalue weighted by Crippen LogP contribution is -2.33. The number of rotatable bonds is 12. The van der Waals surface area contributed by atoms with Gasteiger partial charge in [-0.2, -0.15) is 0 Å². The Labute approximate surface area is 130 Å². The van der Waals surface area contributed by atoms with Gasteiger partial charge >= 0.3 is 0 Å². The molecular formula is C16H24N2O4. The van der Waals surface area contributed by atoms with Crippen LogP contribution >= 0.6 is 0 Å². The number of aliphatic hydroxyl groups excluding tert-OH is 2. The van der Waals surface area contributed by atoms with Crippen LogP contribution in [-0.4, -0.2) is 41.8 Å². The summed E-state index contributed by atoms with van der Waals surface area (Å²) in [5, 5.41) is 29.3. The van der Waals surface area contributed by atoms with Gasteiger partial charge in [0.05, 0.1) is 19.9 Å². The third-order valence-corrected chi connectivity index (χ3v) is 2.90. The fraction of sp³-hybridized carbons (Fsp3) is 0.438. The molecule has 0 bridgehead atoms. The molecule has 1 aromatic carbocycles. The zero-order valence-electron chi connectivity index (χ0n) is 12.6. The largest absolute Gasteiger partial charge is 0.379 e. The Morgan fingerprint density at radius 2 is 2.05 bits per heavy atom. The summed E-state index contributed by atoms with van der Waals surface area (Å²) >= 11 is 0. The van der Waals surface area contributed by atoms with E-state index >= 15 is 0 Å². The topological polar surface area (TPSA) is 94.8 Å². The van der Waals surface area contributed by atoms with E-state index < -0.39 is 12.5 Å². The predicted molar refractivity (Wildman–Crippen MR) is 84.4 cm³/mol. The number of nitrogens with one attached hydrogen (secondary N) is 2. The fourth-order valence-electron chi connectivity index (χ4n) is 1.63. The minimum atomic E-state index is -1.02. The van der Waals surface area contributed by atoms with Crippen LogP contribution in [0, 0.1) is 5.41 Å². The maximum Gasteiger partial charge on any atom is 0.178 e. The van der Waals surface area contributed by atoms with Gasteiger partial charge in [-0.05, 0) is 24.5 Å². The minimum Gasteiger partial charge on any atom is -0.379 e. The van der Waals surface area contributed by atoms with Crippen LogP contribution in [0.15, 0.2) is 43.0 Å². The predicted octanol–water partition coefficient (Wildman–Crippen LogP) is 1.39. The monoisotopic (exact) mass is 308 g/mol. The maximum atomic E-state index is 9.61. The smallest absolute Gasteiger partial charge is 0.178 e. The summed E-state index contributed by atoms with van der Waals surface area (Å²) in [6.45, 7) is 3.89. The van der Waals surface area contributed by atoms with E-state index in [1.54, 1.807) is 0 Å². The van der Waals surface area contributed by atoms with Gasteiger partial charge in [-0.15, -0.1) is 0 Å². The van der Waals surface area contributed by atoms with Crippen molar-refractivity contribution in [1.82, 2.24) is 5.32 Å². The molecule has 0 aliphatic heterocycles. The van der Waals surface area contributed by atoms with E-state index in [4.69, 9.17) is 14.9 Å². The lowest BCUT2D eigenvalue weighted by atomic mass is 10.2. The Morgan fingerprint density at radius 3 is 2.73 bits per heavy atom. The summed E-state index contributed by atoms with van der Waals surface area (Å²) in [6.07, 6.45) is 0.515. The summed E-state index contributed by atoms with van der Waals surface area (Å²) in [5.74, 6) is 0. The van der Waals surface area contributed by atoms with Gasteiger partial charge in [0, 0.05) is 5.71 Å². The molecule has 2 unspecified atom stereocenters. The van der Waals surface area contributed by atoms with Crippen LogP contribution in [0.5, 0.6) is 0 Å². The van der Waals surface area contributed by atoms with E-state index in [0.717, 1.165) is 5.56 Å². The Kier molecular flexibility index (Phi) is 9.29. The number of aliphatic hydroxyl groups is 2. The standard InChI is InChI=1S/C16H24N2O4/c1-2-14(17)8-9-15(19)18-12-21-11-16(20)22-10-13-6-4-3-5-7-13/h2-7,15-20H,1,8-12H2. The van der Waals surface area contributed by atoms with Gasteiger partial charge < -0.3 is 25.1 Å². The summed E-state index contributed by atoms with van der Waals surface area (Å²) in [6, 6.07) is 9.53. The molecule has 1 rings (SSSR count). The molecular weight excluding hydrogens is 284 g/mol. The van der Waals surface area contributed by atoms with Crippen LogP contribution in [0.25, 0.3) is 0 Å². The summed E-state index contributed by atoms with van der Waals surface area (Å²) in [5.41, 5.74) is 1.35. The van der Waals surface area contributed by atoms with Crippen molar-refractivity contribution in [2.75, 3.05) is 13.3 Å². The first kappa shape index (κ1) is 18.5. The minimum absolute atomic E-state index is 0.00896. The highest BCUT2D eigenvalue weighted by atomic mass is 16.6. The van der Waals surface area contributed by atoms with E-state index in [0.29, 0.717) is 25.2 Å². The first-order valence-corrected chi connectivity index (χ1v) is 7.14.